The number of carboxylic acids is 1. The number of carbonyl (C=O) groups excluding carboxylic acids is 1. The lowest BCUT2D eigenvalue weighted by Crippen LogP contribution is -2.43. The molecule has 3 fully saturated rings. The van der Waals surface area contributed by atoms with Crippen LogP contribution in [0.15, 0.2) is 4.52 Å². The van der Waals surface area contributed by atoms with Gasteiger partial charge >= 0.3 is 5.97 Å². The first-order valence-corrected chi connectivity index (χ1v) is 9.02. The van der Waals surface area contributed by atoms with E-state index in [1.54, 1.807) is 6.92 Å². The predicted molar refractivity (Wildman–Crippen MR) is 86.4 cm³/mol. The van der Waals surface area contributed by atoms with Gasteiger partial charge in [0.05, 0.1) is 6.54 Å². The van der Waals surface area contributed by atoms with Gasteiger partial charge in [-0.25, -0.2) is 0 Å². The number of aryl methyl sites for hydroxylation is 1. The molecule has 3 aliphatic rings. The van der Waals surface area contributed by atoms with Crippen molar-refractivity contribution in [2.75, 3.05) is 26.2 Å². The van der Waals surface area contributed by atoms with Crippen LogP contribution in [0.4, 0.5) is 0 Å². The summed E-state index contributed by atoms with van der Waals surface area (Å²) in [6, 6.07) is 0. The van der Waals surface area contributed by atoms with Crippen LogP contribution in [0.2, 0.25) is 0 Å². The van der Waals surface area contributed by atoms with Gasteiger partial charge in [-0.05, 0) is 12.8 Å². The van der Waals surface area contributed by atoms with E-state index in [9.17, 15) is 14.7 Å². The molecule has 1 aromatic rings. The number of carboxylic acid groups (broad SMARTS) is 1. The Morgan fingerprint density at radius 3 is 2.64 bits per heavy atom. The molecule has 8 heteroatoms. The first-order chi connectivity index (χ1) is 12.0. The number of nitrogens with zero attached hydrogens (tertiary/aromatic N) is 4. The van der Waals surface area contributed by atoms with Gasteiger partial charge in [-0.3, -0.25) is 14.5 Å². The van der Waals surface area contributed by atoms with E-state index in [2.05, 4.69) is 15.0 Å². The molecule has 1 aromatic heterocycles. The van der Waals surface area contributed by atoms with Crippen LogP contribution in [0.5, 0.6) is 0 Å². The van der Waals surface area contributed by atoms with Crippen LogP contribution in [-0.2, 0) is 16.1 Å². The molecule has 0 bridgehead atoms. The van der Waals surface area contributed by atoms with Crippen molar-refractivity contribution in [2.45, 2.75) is 39.2 Å². The minimum absolute atomic E-state index is 0.0386. The Kier molecular flexibility index (Phi) is 4.02. The zero-order chi connectivity index (χ0) is 17.6. The van der Waals surface area contributed by atoms with E-state index in [1.165, 1.54) is 0 Å². The van der Waals surface area contributed by atoms with Gasteiger partial charge in [0.1, 0.15) is 5.41 Å². The predicted octanol–water partition coefficient (Wildman–Crippen LogP) is 0.913. The third-order valence-corrected chi connectivity index (χ3v) is 6.06. The summed E-state index contributed by atoms with van der Waals surface area (Å²) in [5.41, 5.74) is -0.868. The van der Waals surface area contributed by atoms with Gasteiger partial charge in [0.25, 0.3) is 0 Å². The second-order valence-corrected chi connectivity index (χ2v) is 7.76. The van der Waals surface area contributed by atoms with Crippen molar-refractivity contribution in [1.82, 2.24) is 19.9 Å². The van der Waals surface area contributed by atoms with Crippen LogP contribution in [0.3, 0.4) is 0 Å². The average molecular weight is 348 g/mol. The van der Waals surface area contributed by atoms with Crippen LogP contribution in [0, 0.1) is 24.2 Å². The third kappa shape index (κ3) is 2.82. The summed E-state index contributed by atoms with van der Waals surface area (Å²) in [6.07, 6.45) is 4.11. The van der Waals surface area contributed by atoms with E-state index in [0.29, 0.717) is 44.4 Å². The number of hydrogen-bond acceptors (Lipinski definition) is 6. The number of fused-ring (bicyclic) bond motifs is 1. The number of aliphatic carboxylic acids is 1. The lowest BCUT2D eigenvalue weighted by atomic mass is 9.81. The number of carbonyl (C=O) groups is 2. The maximum atomic E-state index is 12.7. The molecule has 136 valence electrons. The van der Waals surface area contributed by atoms with Gasteiger partial charge in [-0.1, -0.05) is 18.0 Å². The molecule has 25 heavy (non-hydrogen) atoms. The van der Waals surface area contributed by atoms with Crippen LogP contribution in [0.25, 0.3) is 0 Å². The minimum Gasteiger partial charge on any atom is -0.481 e. The molecule has 4 rings (SSSR count). The van der Waals surface area contributed by atoms with E-state index in [-0.39, 0.29) is 17.7 Å². The molecule has 8 nitrogen and oxygen atoms in total. The Labute approximate surface area is 146 Å². The lowest BCUT2D eigenvalue weighted by molar-refractivity contribution is -0.149. The largest absolute Gasteiger partial charge is 0.481 e. The van der Waals surface area contributed by atoms with Crippen molar-refractivity contribution in [2.24, 2.45) is 17.3 Å². The quantitative estimate of drug-likeness (QED) is 0.863. The summed E-state index contributed by atoms with van der Waals surface area (Å²) in [5.74, 6) is 0.512. The molecule has 1 N–H and O–H groups in total. The SMILES string of the molecule is Cc1nc(CN2C[C@H]3CN(C(=O)C4CCCC4)C[C@@]3(C(=O)O)C2)no1. The Morgan fingerprint density at radius 1 is 1.28 bits per heavy atom. The van der Waals surface area contributed by atoms with Crippen LogP contribution in [-0.4, -0.2) is 63.1 Å². The smallest absolute Gasteiger partial charge is 0.313 e. The summed E-state index contributed by atoms with van der Waals surface area (Å²) < 4.78 is 4.99. The van der Waals surface area contributed by atoms with E-state index in [1.807, 2.05) is 4.90 Å². The molecular weight excluding hydrogens is 324 g/mol. The number of likely N-dealkylation sites (tertiary alicyclic amines) is 2. The summed E-state index contributed by atoms with van der Waals surface area (Å²) in [6.45, 7) is 4.16. The van der Waals surface area contributed by atoms with E-state index in [4.69, 9.17) is 4.52 Å². The van der Waals surface area contributed by atoms with Crippen LogP contribution < -0.4 is 0 Å². The first-order valence-electron chi connectivity index (χ1n) is 9.02. The molecule has 1 aliphatic carbocycles. The summed E-state index contributed by atoms with van der Waals surface area (Å²) in [5, 5.41) is 13.8. The number of rotatable bonds is 4. The Morgan fingerprint density at radius 2 is 2.04 bits per heavy atom. The molecular formula is C17H24N4O4. The molecule has 1 amide bonds. The molecule has 2 saturated heterocycles. The molecule has 0 unspecified atom stereocenters. The van der Waals surface area contributed by atoms with Crippen molar-refractivity contribution >= 4 is 11.9 Å². The fraction of sp³-hybridized carbons (Fsp3) is 0.765. The Hall–Kier alpha value is -1.96. The third-order valence-electron chi connectivity index (χ3n) is 6.06. The van der Waals surface area contributed by atoms with Gasteiger partial charge < -0.3 is 14.5 Å². The van der Waals surface area contributed by atoms with Crippen molar-refractivity contribution in [3.63, 3.8) is 0 Å². The monoisotopic (exact) mass is 348 g/mol. The fourth-order valence-corrected chi connectivity index (χ4v) is 4.80. The molecule has 0 aromatic carbocycles. The van der Waals surface area contributed by atoms with Crippen molar-refractivity contribution < 1.29 is 19.2 Å². The second kappa shape index (κ2) is 6.09. The summed E-state index contributed by atoms with van der Waals surface area (Å²) >= 11 is 0. The highest BCUT2D eigenvalue weighted by Gasteiger charge is 2.58. The van der Waals surface area contributed by atoms with Gasteiger partial charge in [-0.15, -0.1) is 0 Å². The van der Waals surface area contributed by atoms with E-state index < -0.39 is 11.4 Å². The van der Waals surface area contributed by atoms with Gasteiger partial charge in [0.2, 0.25) is 11.8 Å². The van der Waals surface area contributed by atoms with Gasteiger partial charge in [-0.2, -0.15) is 4.98 Å². The Balaban J connectivity index is 1.46. The maximum Gasteiger partial charge on any atom is 0.313 e. The molecule has 2 aliphatic heterocycles. The van der Waals surface area contributed by atoms with Crippen molar-refractivity contribution in [3.8, 4) is 0 Å². The zero-order valence-electron chi connectivity index (χ0n) is 14.5. The highest BCUT2D eigenvalue weighted by atomic mass is 16.5. The number of amides is 1. The van der Waals surface area contributed by atoms with E-state index in [0.717, 1.165) is 25.7 Å². The van der Waals surface area contributed by atoms with Crippen molar-refractivity contribution in [1.29, 1.82) is 0 Å². The molecule has 0 spiro atoms. The normalized spacial score (nSPS) is 30.1. The molecule has 1 saturated carbocycles. The molecule has 3 heterocycles. The summed E-state index contributed by atoms with van der Waals surface area (Å²) in [7, 11) is 0. The van der Waals surface area contributed by atoms with Crippen LogP contribution in [0.1, 0.15) is 37.4 Å². The maximum absolute atomic E-state index is 12.7. The zero-order valence-corrected chi connectivity index (χ0v) is 14.5. The lowest BCUT2D eigenvalue weighted by Gasteiger charge is -2.26. The van der Waals surface area contributed by atoms with E-state index >= 15 is 0 Å². The first kappa shape index (κ1) is 16.5. The topological polar surface area (TPSA) is 99.8 Å². The Bertz CT molecular complexity index is 684. The fourth-order valence-electron chi connectivity index (χ4n) is 4.80. The highest BCUT2D eigenvalue weighted by Crippen LogP contribution is 2.44. The highest BCUT2D eigenvalue weighted by molar-refractivity contribution is 5.83. The van der Waals surface area contributed by atoms with Gasteiger partial charge in [0.15, 0.2) is 5.82 Å². The molecule has 0 radical (unpaired) electrons. The molecule has 2 atom stereocenters. The number of hydrogen-bond donors (Lipinski definition) is 1. The van der Waals surface area contributed by atoms with Crippen molar-refractivity contribution in [3.05, 3.63) is 11.7 Å². The standard InChI is InChI=1S/C17H24N4O4/c1-11-18-14(19-25-11)8-20-6-13-7-21(10-17(13,9-20)16(23)24)15(22)12-4-2-3-5-12/h12-13H,2-10H2,1H3,(H,23,24)/t13-,17-/m0/s1. The average Bonchev–Trinajstić information content (AvgIpc) is 3.30. The van der Waals surface area contributed by atoms with Crippen LogP contribution >= 0.6 is 0 Å². The summed E-state index contributed by atoms with van der Waals surface area (Å²) in [4.78, 5) is 32.9. The minimum atomic E-state index is -0.868. The van der Waals surface area contributed by atoms with Gasteiger partial charge in [0, 0.05) is 44.9 Å². The number of aromatic nitrogens is 2. The second-order valence-electron chi connectivity index (χ2n) is 7.76.